The van der Waals surface area contributed by atoms with E-state index < -0.39 is 17.0 Å². The molecule has 0 aromatic heterocycles. The zero-order valence-corrected chi connectivity index (χ0v) is 12.8. The van der Waals surface area contributed by atoms with Gasteiger partial charge in [-0.15, -0.1) is 0 Å². The van der Waals surface area contributed by atoms with Gasteiger partial charge in [-0.25, -0.2) is 9.18 Å². The Kier molecular flexibility index (Phi) is 4.36. The van der Waals surface area contributed by atoms with Crippen molar-refractivity contribution in [2.75, 3.05) is 6.61 Å². The lowest BCUT2D eigenvalue weighted by molar-refractivity contribution is -0.133. The number of carbonyl (C=O) groups excluding carboxylic acids is 1. The summed E-state index contributed by atoms with van der Waals surface area (Å²) in [6.45, 7) is 0.137. The Morgan fingerprint density at radius 2 is 1.65 bits per heavy atom. The molecule has 2 aromatic carbocycles. The van der Waals surface area contributed by atoms with E-state index in [9.17, 15) is 17.9 Å². The molecule has 1 unspecified atom stereocenters. The minimum Gasteiger partial charge on any atom is -0.772 e. The molecule has 0 saturated heterocycles. The number of rotatable bonds is 4. The SMILES string of the molecule is O=C1OCC(c2ccc(CS(=O)[O-])cc2)=C1c1ccc(F)cc1. The summed E-state index contributed by atoms with van der Waals surface area (Å²) in [7, 11) is 0. The number of esters is 1. The van der Waals surface area contributed by atoms with Crippen molar-refractivity contribution in [1.29, 1.82) is 0 Å². The Morgan fingerprint density at radius 1 is 1.04 bits per heavy atom. The monoisotopic (exact) mass is 331 g/mol. The largest absolute Gasteiger partial charge is 0.772 e. The third-order valence-corrected chi connectivity index (χ3v) is 4.14. The van der Waals surface area contributed by atoms with Crippen LogP contribution in [-0.2, 0) is 26.4 Å². The maximum atomic E-state index is 13.1. The fourth-order valence-corrected chi connectivity index (χ4v) is 2.94. The lowest BCUT2D eigenvalue weighted by atomic mass is 9.96. The van der Waals surface area contributed by atoms with Crippen LogP contribution in [0.1, 0.15) is 16.7 Å². The van der Waals surface area contributed by atoms with Gasteiger partial charge < -0.3 is 9.29 Å². The van der Waals surface area contributed by atoms with Crippen molar-refractivity contribution in [1.82, 2.24) is 0 Å². The first kappa shape index (κ1) is 15.6. The van der Waals surface area contributed by atoms with E-state index in [2.05, 4.69) is 0 Å². The third kappa shape index (κ3) is 3.38. The van der Waals surface area contributed by atoms with Crippen LogP contribution in [0.3, 0.4) is 0 Å². The molecule has 0 radical (unpaired) electrons. The summed E-state index contributed by atoms with van der Waals surface area (Å²) in [5.74, 6) is -0.881. The zero-order valence-electron chi connectivity index (χ0n) is 12.0. The van der Waals surface area contributed by atoms with Crippen LogP contribution < -0.4 is 0 Å². The molecular formula is C17H12FO4S-. The van der Waals surface area contributed by atoms with Crippen LogP contribution in [0.25, 0.3) is 11.1 Å². The number of benzene rings is 2. The van der Waals surface area contributed by atoms with Crippen molar-refractivity contribution in [3.8, 4) is 0 Å². The topological polar surface area (TPSA) is 66.4 Å². The Hall–Kier alpha value is -2.31. The maximum Gasteiger partial charge on any atom is 0.339 e. The maximum absolute atomic E-state index is 13.1. The van der Waals surface area contributed by atoms with E-state index in [1.165, 1.54) is 24.3 Å². The number of hydrogen-bond donors (Lipinski definition) is 0. The van der Waals surface area contributed by atoms with Crippen LogP contribution in [0.4, 0.5) is 4.39 Å². The molecule has 0 N–H and O–H groups in total. The molecule has 0 fully saturated rings. The fourth-order valence-electron chi connectivity index (χ4n) is 2.48. The van der Waals surface area contributed by atoms with E-state index in [1.54, 1.807) is 24.3 Å². The molecule has 4 nitrogen and oxygen atoms in total. The van der Waals surface area contributed by atoms with Gasteiger partial charge in [0.1, 0.15) is 12.4 Å². The molecule has 2 aromatic rings. The molecule has 3 rings (SSSR count). The molecule has 0 amide bonds. The van der Waals surface area contributed by atoms with Crippen molar-refractivity contribution in [2.24, 2.45) is 0 Å². The van der Waals surface area contributed by atoms with Crippen molar-refractivity contribution >= 4 is 28.2 Å². The Morgan fingerprint density at radius 3 is 2.26 bits per heavy atom. The highest BCUT2D eigenvalue weighted by molar-refractivity contribution is 7.78. The highest BCUT2D eigenvalue weighted by atomic mass is 32.2. The van der Waals surface area contributed by atoms with Gasteiger partial charge in [0.15, 0.2) is 0 Å². The first-order valence-corrected chi connectivity index (χ1v) is 8.10. The first-order valence-electron chi connectivity index (χ1n) is 6.86. The van der Waals surface area contributed by atoms with E-state index in [-0.39, 0.29) is 18.2 Å². The molecule has 6 heteroatoms. The number of halogens is 1. The van der Waals surface area contributed by atoms with Gasteiger partial charge in [0.2, 0.25) is 0 Å². The van der Waals surface area contributed by atoms with Crippen LogP contribution in [0.2, 0.25) is 0 Å². The standard InChI is InChI=1S/C17H13FO4S/c18-14-7-5-13(6-8-14)16-15(9-22-17(16)19)12-3-1-11(2-4-12)10-23(20)21/h1-8H,9-10H2,(H,20,21)/p-1. The van der Waals surface area contributed by atoms with Gasteiger partial charge in [-0.3, -0.25) is 4.21 Å². The molecule has 0 aliphatic carbocycles. The van der Waals surface area contributed by atoms with E-state index in [4.69, 9.17) is 4.74 Å². The molecule has 1 atom stereocenters. The van der Waals surface area contributed by atoms with E-state index in [0.717, 1.165) is 5.56 Å². The Labute approximate surface area is 134 Å². The summed E-state index contributed by atoms with van der Waals surface area (Å²) in [4.78, 5) is 12.0. The Bertz CT molecular complexity index is 794. The quantitative estimate of drug-likeness (QED) is 0.638. The van der Waals surface area contributed by atoms with Crippen LogP contribution in [0, 0.1) is 5.82 Å². The van der Waals surface area contributed by atoms with Crippen LogP contribution in [-0.4, -0.2) is 21.3 Å². The highest BCUT2D eigenvalue weighted by Gasteiger charge is 2.27. The predicted octanol–water partition coefficient (Wildman–Crippen LogP) is 2.67. The predicted molar refractivity (Wildman–Crippen MR) is 83.2 cm³/mol. The molecular weight excluding hydrogens is 319 g/mol. The van der Waals surface area contributed by atoms with Crippen molar-refractivity contribution < 1.29 is 22.7 Å². The zero-order chi connectivity index (χ0) is 16.4. The van der Waals surface area contributed by atoms with Gasteiger partial charge in [-0.05, 0) is 28.8 Å². The summed E-state index contributed by atoms with van der Waals surface area (Å²) < 4.78 is 39.6. The van der Waals surface area contributed by atoms with Gasteiger partial charge >= 0.3 is 5.97 Å². The molecule has 0 saturated carbocycles. The van der Waals surface area contributed by atoms with Crippen molar-refractivity contribution in [3.05, 3.63) is 71.0 Å². The van der Waals surface area contributed by atoms with Gasteiger partial charge in [0, 0.05) is 11.3 Å². The lowest BCUT2D eigenvalue weighted by Crippen LogP contribution is -1.98. The van der Waals surface area contributed by atoms with Gasteiger partial charge in [0.05, 0.1) is 5.57 Å². The minimum absolute atomic E-state index is 0.0560. The van der Waals surface area contributed by atoms with Crippen molar-refractivity contribution in [3.63, 3.8) is 0 Å². The van der Waals surface area contributed by atoms with E-state index in [0.29, 0.717) is 22.3 Å². The minimum atomic E-state index is -2.15. The summed E-state index contributed by atoms with van der Waals surface area (Å²) in [5, 5.41) is 0. The second kappa shape index (κ2) is 6.44. The number of ether oxygens (including phenoxy) is 1. The summed E-state index contributed by atoms with van der Waals surface area (Å²) in [5.41, 5.74) is 3.14. The third-order valence-electron chi connectivity index (χ3n) is 3.57. The average Bonchev–Trinajstić information content (AvgIpc) is 2.90. The molecule has 118 valence electrons. The highest BCUT2D eigenvalue weighted by Crippen LogP contribution is 2.33. The second-order valence-corrected chi connectivity index (χ2v) is 5.98. The fraction of sp³-hybridized carbons (Fsp3) is 0.118. The molecule has 1 aliphatic heterocycles. The van der Waals surface area contributed by atoms with Gasteiger partial charge in [-0.2, -0.15) is 0 Å². The summed E-state index contributed by atoms with van der Waals surface area (Å²) in [6.07, 6.45) is 0. The normalized spacial score (nSPS) is 15.7. The molecule has 23 heavy (non-hydrogen) atoms. The average molecular weight is 331 g/mol. The van der Waals surface area contributed by atoms with Crippen LogP contribution >= 0.6 is 0 Å². The van der Waals surface area contributed by atoms with Crippen molar-refractivity contribution in [2.45, 2.75) is 5.75 Å². The summed E-state index contributed by atoms with van der Waals surface area (Å²) >= 11 is -2.15. The second-order valence-electron chi connectivity index (χ2n) is 5.08. The molecule has 0 bridgehead atoms. The van der Waals surface area contributed by atoms with E-state index in [1.807, 2.05) is 0 Å². The number of carbonyl (C=O) groups is 1. The number of cyclic esters (lactones) is 1. The smallest absolute Gasteiger partial charge is 0.339 e. The lowest BCUT2D eigenvalue weighted by Gasteiger charge is -2.08. The van der Waals surface area contributed by atoms with E-state index >= 15 is 0 Å². The summed E-state index contributed by atoms with van der Waals surface area (Å²) in [6, 6.07) is 12.5. The van der Waals surface area contributed by atoms with Gasteiger partial charge in [0.25, 0.3) is 0 Å². The van der Waals surface area contributed by atoms with Gasteiger partial charge in [-0.1, -0.05) is 47.5 Å². The molecule has 1 aliphatic rings. The molecule has 1 heterocycles. The Balaban J connectivity index is 1.99. The van der Waals surface area contributed by atoms with Crippen LogP contribution in [0.15, 0.2) is 48.5 Å². The molecule has 0 spiro atoms. The first-order chi connectivity index (χ1) is 11.0. The van der Waals surface area contributed by atoms with Crippen LogP contribution in [0.5, 0.6) is 0 Å². The number of hydrogen-bond acceptors (Lipinski definition) is 4.